The second-order valence-electron chi connectivity index (χ2n) is 5.99. The summed E-state index contributed by atoms with van der Waals surface area (Å²) < 4.78 is 0. The molecule has 1 saturated carbocycles. The van der Waals surface area contributed by atoms with Gasteiger partial charge < -0.3 is 10.8 Å². The highest BCUT2D eigenvalue weighted by Crippen LogP contribution is 2.40. The third-order valence-corrected chi connectivity index (χ3v) is 4.54. The van der Waals surface area contributed by atoms with E-state index in [0.29, 0.717) is 18.5 Å². The molecule has 0 amide bonds. The molecule has 2 aliphatic rings. The molecule has 2 fully saturated rings. The molecular formula is C14H28N2O. The Labute approximate surface area is 105 Å². The van der Waals surface area contributed by atoms with Crippen LogP contribution in [-0.4, -0.2) is 41.3 Å². The number of nitrogens with zero attached hydrogens (tertiary/aromatic N) is 1. The molecule has 0 radical (unpaired) electrons. The lowest BCUT2D eigenvalue weighted by Crippen LogP contribution is -2.54. The van der Waals surface area contributed by atoms with E-state index in [1.54, 1.807) is 0 Å². The summed E-state index contributed by atoms with van der Waals surface area (Å²) in [6.45, 7) is 4.63. The lowest BCUT2D eigenvalue weighted by Gasteiger charge is -2.41. The molecule has 2 unspecified atom stereocenters. The maximum Gasteiger partial charge on any atom is 0.0923 e. The zero-order valence-electron chi connectivity index (χ0n) is 11.2. The Kier molecular flexibility index (Phi) is 4.45. The maximum absolute atomic E-state index is 10.6. The number of hydrogen-bond donors (Lipinski definition) is 2. The monoisotopic (exact) mass is 240 g/mol. The summed E-state index contributed by atoms with van der Waals surface area (Å²) in [5, 5.41) is 10.6. The van der Waals surface area contributed by atoms with Gasteiger partial charge in [-0.3, -0.25) is 4.90 Å². The van der Waals surface area contributed by atoms with Crippen molar-refractivity contribution < 1.29 is 5.11 Å². The Morgan fingerprint density at radius 3 is 2.65 bits per heavy atom. The van der Waals surface area contributed by atoms with Crippen molar-refractivity contribution in [2.45, 2.75) is 63.5 Å². The smallest absolute Gasteiger partial charge is 0.0923 e. The summed E-state index contributed by atoms with van der Waals surface area (Å²) in [6, 6.07) is 0.686. The highest BCUT2D eigenvalue weighted by atomic mass is 16.3. The van der Waals surface area contributed by atoms with Crippen molar-refractivity contribution in [1.82, 2.24) is 4.90 Å². The molecule has 1 heterocycles. The van der Waals surface area contributed by atoms with Gasteiger partial charge in [-0.1, -0.05) is 19.8 Å². The number of likely N-dealkylation sites (tertiary alicyclic amines) is 1. The fraction of sp³-hybridized carbons (Fsp3) is 1.00. The molecule has 3 heteroatoms. The van der Waals surface area contributed by atoms with Crippen LogP contribution in [0.3, 0.4) is 0 Å². The summed E-state index contributed by atoms with van der Waals surface area (Å²) in [5.74, 6) is 0.469. The van der Waals surface area contributed by atoms with Crippen LogP contribution in [0.25, 0.3) is 0 Å². The lowest BCUT2D eigenvalue weighted by molar-refractivity contribution is -0.0281. The molecule has 0 spiro atoms. The van der Waals surface area contributed by atoms with Gasteiger partial charge in [0.1, 0.15) is 0 Å². The summed E-state index contributed by atoms with van der Waals surface area (Å²) in [6.07, 6.45) is 8.78. The Morgan fingerprint density at radius 1 is 1.29 bits per heavy atom. The van der Waals surface area contributed by atoms with Crippen molar-refractivity contribution in [2.24, 2.45) is 11.7 Å². The predicted molar refractivity (Wildman–Crippen MR) is 70.8 cm³/mol. The van der Waals surface area contributed by atoms with Crippen molar-refractivity contribution in [2.75, 3.05) is 19.6 Å². The second kappa shape index (κ2) is 5.68. The SMILES string of the molecule is CCCC1CCCCN1CC(O)(CN)C1CC1. The van der Waals surface area contributed by atoms with E-state index in [0.717, 1.165) is 13.1 Å². The molecule has 100 valence electrons. The van der Waals surface area contributed by atoms with E-state index in [9.17, 15) is 5.11 Å². The van der Waals surface area contributed by atoms with E-state index in [2.05, 4.69) is 11.8 Å². The molecule has 2 atom stereocenters. The van der Waals surface area contributed by atoms with E-state index < -0.39 is 5.60 Å². The molecule has 0 aromatic heterocycles. The van der Waals surface area contributed by atoms with Crippen LogP contribution in [0.1, 0.15) is 51.9 Å². The van der Waals surface area contributed by atoms with Crippen LogP contribution in [0.5, 0.6) is 0 Å². The predicted octanol–water partition coefficient (Wildman–Crippen LogP) is 1.74. The van der Waals surface area contributed by atoms with Crippen molar-refractivity contribution >= 4 is 0 Å². The third kappa shape index (κ3) is 3.21. The zero-order chi connectivity index (χ0) is 12.3. The molecule has 1 saturated heterocycles. The Balaban J connectivity index is 1.94. The fourth-order valence-corrected chi connectivity index (χ4v) is 3.26. The number of piperidine rings is 1. The molecule has 3 N–H and O–H groups in total. The molecule has 2 rings (SSSR count). The van der Waals surface area contributed by atoms with Gasteiger partial charge >= 0.3 is 0 Å². The van der Waals surface area contributed by atoms with Crippen LogP contribution in [0.4, 0.5) is 0 Å². The summed E-state index contributed by atoms with van der Waals surface area (Å²) in [5.41, 5.74) is 5.20. The van der Waals surface area contributed by atoms with Gasteiger partial charge in [0.15, 0.2) is 0 Å². The van der Waals surface area contributed by atoms with Crippen LogP contribution < -0.4 is 5.73 Å². The first-order chi connectivity index (χ1) is 8.19. The zero-order valence-corrected chi connectivity index (χ0v) is 11.2. The highest BCUT2D eigenvalue weighted by Gasteiger charge is 2.44. The summed E-state index contributed by atoms with van der Waals surface area (Å²) >= 11 is 0. The molecule has 0 aromatic carbocycles. The van der Waals surface area contributed by atoms with Crippen LogP contribution in [-0.2, 0) is 0 Å². The van der Waals surface area contributed by atoms with Gasteiger partial charge in [-0.05, 0) is 44.6 Å². The highest BCUT2D eigenvalue weighted by molar-refractivity contribution is 4.98. The normalized spacial score (nSPS) is 30.2. The first-order valence-corrected chi connectivity index (χ1v) is 7.36. The number of β-amino-alcohol motifs (C(OH)–C–C–N with tert-alkyl or cyclic N) is 1. The molecule has 17 heavy (non-hydrogen) atoms. The van der Waals surface area contributed by atoms with Gasteiger partial charge in [-0.2, -0.15) is 0 Å². The van der Waals surface area contributed by atoms with Crippen LogP contribution >= 0.6 is 0 Å². The van der Waals surface area contributed by atoms with Crippen LogP contribution in [0, 0.1) is 5.92 Å². The minimum atomic E-state index is -0.608. The molecule has 1 aliphatic heterocycles. The minimum Gasteiger partial charge on any atom is -0.387 e. The Bertz CT molecular complexity index is 240. The first kappa shape index (κ1) is 13.3. The Hall–Kier alpha value is -0.120. The summed E-state index contributed by atoms with van der Waals surface area (Å²) in [7, 11) is 0. The first-order valence-electron chi connectivity index (χ1n) is 7.36. The van der Waals surface area contributed by atoms with Crippen molar-refractivity contribution in [1.29, 1.82) is 0 Å². The molecule has 0 bridgehead atoms. The van der Waals surface area contributed by atoms with Crippen molar-refractivity contribution in [3.8, 4) is 0 Å². The van der Waals surface area contributed by atoms with Gasteiger partial charge in [-0.15, -0.1) is 0 Å². The Morgan fingerprint density at radius 2 is 2.06 bits per heavy atom. The van der Waals surface area contributed by atoms with Crippen molar-refractivity contribution in [3.05, 3.63) is 0 Å². The van der Waals surface area contributed by atoms with Gasteiger partial charge in [0.2, 0.25) is 0 Å². The van der Waals surface area contributed by atoms with E-state index in [-0.39, 0.29) is 0 Å². The van der Waals surface area contributed by atoms with Gasteiger partial charge in [0, 0.05) is 19.1 Å². The van der Waals surface area contributed by atoms with E-state index in [1.807, 2.05) is 0 Å². The van der Waals surface area contributed by atoms with E-state index >= 15 is 0 Å². The van der Waals surface area contributed by atoms with E-state index in [1.165, 1.54) is 44.9 Å². The van der Waals surface area contributed by atoms with Crippen LogP contribution in [0.15, 0.2) is 0 Å². The van der Waals surface area contributed by atoms with Crippen molar-refractivity contribution in [3.63, 3.8) is 0 Å². The standard InChI is InChI=1S/C14H28N2O/c1-2-5-13-6-3-4-9-16(13)11-14(17,10-15)12-7-8-12/h12-13,17H,2-11,15H2,1H3. The average Bonchev–Trinajstić information content (AvgIpc) is 3.16. The quantitative estimate of drug-likeness (QED) is 0.743. The van der Waals surface area contributed by atoms with Crippen LogP contribution in [0.2, 0.25) is 0 Å². The topological polar surface area (TPSA) is 49.5 Å². The number of nitrogens with two attached hydrogens (primary N) is 1. The molecule has 3 nitrogen and oxygen atoms in total. The third-order valence-electron chi connectivity index (χ3n) is 4.54. The van der Waals surface area contributed by atoms with E-state index in [4.69, 9.17) is 5.73 Å². The second-order valence-corrected chi connectivity index (χ2v) is 5.99. The molecular weight excluding hydrogens is 212 g/mol. The minimum absolute atomic E-state index is 0.424. The molecule has 0 aromatic rings. The summed E-state index contributed by atoms with van der Waals surface area (Å²) in [4.78, 5) is 2.51. The lowest BCUT2D eigenvalue weighted by atomic mass is 9.92. The maximum atomic E-state index is 10.6. The average molecular weight is 240 g/mol. The van der Waals surface area contributed by atoms with Gasteiger partial charge in [0.05, 0.1) is 5.60 Å². The largest absolute Gasteiger partial charge is 0.387 e. The number of aliphatic hydroxyl groups is 1. The molecule has 1 aliphatic carbocycles. The fourth-order valence-electron chi connectivity index (χ4n) is 3.26. The van der Waals surface area contributed by atoms with Gasteiger partial charge in [-0.25, -0.2) is 0 Å². The number of hydrogen-bond acceptors (Lipinski definition) is 3. The van der Waals surface area contributed by atoms with Gasteiger partial charge in [0.25, 0.3) is 0 Å². The number of rotatable bonds is 6.